The highest BCUT2D eigenvalue weighted by Crippen LogP contribution is 2.25. The molecule has 0 amide bonds. The molecule has 0 bridgehead atoms. The van der Waals surface area contributed by atoms with Crippen molar-refractivity contribution in [2.75, 3.05) is 13.2 Å². The predicted molar refractivity (Wildman–Crippen MR) is 63.8 cm³/mol. The molecular weight excluding hydrogens is 274 g/mol. The summed E-state index contributed by atoms with van der Waals surface area (Å²) in [6.07, 6.45) is 0.639. The Labute approximate surface area is 110 Å². The highest BCUT2D eigenvalue weighted by Gasteiger charge is 2.34. The number of nitrogens with zero attached hydrogens (tertiary/aromatic N) is 3. The van der Waals surface area contributed by atoms with Crippen molar-refractivity contribution in [3.8, 4) is 0 Å². The fourth-order valence-corrected chi connectivity index (χ4v) is 3.73. The molecule has 0 aromatic carbocycles. The van der Waals surface area contributed by atoms with Gasteiger partial charge in [-0.1, -0.05) is 4.47 Å². The van der Waals surface area contributed by atoms with Crippen LogP contribution in [-0.4, -0.2) is 46.9 Å². The van der Waals surface area contributed by atoms with Crippen molar-refractivity contribution in [2.24, 2.45) is 0 Å². The van der Waals surface area contributed by atoms with Crippen LogP contribution in [-0.2, 0) is 26.2 Å². The Kier molecular flexibility index (Phi) is 3.61. The lowest BCUT2D eigenvalue weighted by atomic mass is 10.4. The fraction of sp³-hybridized carbons (Fsp3) is 0.600. The van der Waals surface area contributed by atoms with E-state index in [9.17, 15) is 13.2 Å². The smallest absolute Gasteiger partial charge is 0.325 e. The molecule has 0 spiro atoms. The van der Waals surface area contributed by atoms with Crippen LogP contribution in [0.4, 0.5) is 0 Å². The number of aromatic nitrogens is 2. The number of carboxylic acids is 1. The van der Waals surface area contributed by atoms with Crippen molar-refractivity contribution >= 4 is 16.0 Å². The Balaban J connectivity index is 2.44. The Morgan fingerprint density at radius 2 is 2.16 bits per heavy atom. The van der Waals surface area contributed by atoms with Gasteiger partial charge in [-0.05, 0) is 20.3 Å². The summed E-state index contributed by atoms with van der Waals surface area (Å²) in [6.45, 7) is 3.36. The van der Waals surface area contributed by atoms with E-state index in [1.807, 2.05) is 0 Å². The van der Waals surface area contributed by atoms with E-state index in [1.165, 1.54) is 18.5 Å². The highest BCUT2D eigenvalue weighted by molar-refractivity contribution is 7.89. The molecule has 1 aliphatic rings. The van der Waals surface area contributed by atoms with Crippen molar-refractivity contribution in [2.45, 2.75) is 31.7 Å². The fourth-order valence-electron chi connectivity index (χ4n) is 2.05. The summed E-state index contributed by atoms with van der Waals surface area (Å²) in [5, 5.41) is 12.7. The van der Waals surface area contributed by atoms with Gasteiger partial charge in [0.2, 0.25) is 0 Å². The first-order chi connectivity index (χ1) is 8.84. The lowest BCUT2D eigenvalue weighted by molar-refractivity contribution is -0.137. The molecule has 2 heterocycles. The Bertz CT molecular complexity index is 601. The van der Waals surface area contributed by atoms with Crippen LogP contribution in [0.3, 0.4) is 0 Å². The molecule has 106 valence electrons. The second kappa shape index (κ2) is 4.91. The maximum atomic E-state index is 12.4. The van der Waals surface area contributed by atoms with E-state index >= 15 is 0 Å². The van der Waals surface area contributed by atoms with Crippen LogP contribution >= 0.6 is 0 Å². The standard InChI is InChI=1S/C10H15N3O5S/c1-7-10(8(2)12(11-7)6-9(14)15)19(16,17)13-4-3-5-18-13/h3-6H2,1-2H3,(H,14,15). The first-order valence-corrected chi connectivity index (χ1v) is 7.19. The van der Waals surface area contributed by atoms with E-state index in [2.05, 4.69) is 5.10 Å². The summed E-state index contributed by atoms with van der Waals surface area (Å²) in [6, 6.07) is 0. The zero-order valence-electron chi connectivity index (χ0n) is 10.7. The van der Waals surface area contributed by atoms with Crippen molar-refractivity contribution in [1.82, 2.24) is 14.2 Å². The minimum atomic E-state index is -3.78. The van der Waals surface area contributed by atoms with E-state index in [0.717, 1.165) is 4.47 Å². The van der Waals surface area contributed by atoms with Gasteiger partial charge in [-0.3, -0.25) is 14.3 Å². The topological polar surface area (TPSA) is 102 Å². The molecule has 8 nitrogen and oxygen atoms in total. The summed E-state index contributed by atoms with van der Waals surface area (Å²) < 4.78 is 26.9. The maximum absolute atomic E-state index is 12.4. The summed E-state index contributed by atoms with van der Waals surface area (Å²) in [4.78, 5) is 15.8. The van der Waals surface area contributed by atoms with Crippen LogP contribution in [0.1, 0.15) is 17.8 Å². The van der Waals surface area contributed by atoms with Gasteiger partial charge in [0.1, 0.15) is 11.4 Å². The second-order valence-electron chi connectivity index (χ2n) is 4.27. The average molecular weight is 289 g/mol. The van der Waals surface area contributed by atoms with Gasteiger partial charge in [0.15, 0.2) is 0 Å². The average Bonchev–Trinajstić information content (AvgIpc) is 2.88. The number of sulfonamides is 1. The van der Waals surface area contributed by atoms with Gasteiger partial charge >= 0.3 is 5.97 Å². The first kappa shape index (κ1) is 14.0. The SMILES string of the molecule is Cc1nn(CC(=O)O)c(C)c1S(=O)(=O)N1CCCO1. The van der Waals surface area contributed by atoms with E-state index < -0.39 is 16.0 Å². The van der Waals surface area contributed by atoms with Gasteiger partial charge in [0.25, 0.3) is 10.0 Å². The molecule has 19 heavy (non-hydrogen) atoms. The minimum absolute atomic E-state index is 0.0238. The number of hydrogen-bond donors (Lipinski definition) is 1. The van der Waals surface area contributed by atoms with Crippen LogP contribution in [0.2, 0.25) is 0 Å². The Hall–Kier alpha value is -1.45. The van der Waals surface area contributed by atoms with E-state index in [-0.39, 0.29) is 17.1 Å². The van der Waals surface area contributed by atoms with Gasteiger partial charge in [-0.25, -0.2) is 8.42 Å². The number of hydrogen-bond acceptors (Lipinski definition) is 5. The third-order valence-corrected chi connectivity index (χ3v) is 4.78. The third-order valence-electron chi connectivity index (χ3n) is 2.85. The van der Waals surface area contributed by atoms with Crippen LogP contribution in [0, 0.1) is 13.8 Å². The van der Waals surface area contributed by atoms with Gasteiger partial charge < -0.3 is 5.11 Å². The molecule has 2 rings (SSSR count). The quantitative estimate of drug-likeness (QED) is 0.831. The normalized spacial score (nSPS) is 16.9. The Morgan fingerprint density at radius 3 is 2.68 bits per heavy atom. The molecular formula is C10H15N3O5S. The van der Waals surface area contributed by atoms with E-state index in [4.69, 9.17) is 9.94 Å². The van der Waals surface area contributed by atoms with Crippen molar-refractivity contribution in [1.29, 1.82) is 0 Å². The number of aliphatic carboxylic acids is 1. The van der Waals surface area contributed by atoms with Crippen LogP contribution in [0.15, 0.2) is 4.90 Å². The zero-order chi connectivity index (χ0) is 14.2. The number of aryl methyl sites for hydroxylation is 1. The van der Waals surface area contributed by atoms with Gasteiger partial charge in [0.05, 0.1) is 18.0 Å². The number of rotatable bonds is 4. The first-order valence-electron chi connectivity index (χ1n) is 5.75. The molecule has 9 heteroatoms. The summed E-state index contributed by atoms with van der Waals surface area (Å²) in [7, 11) is -3.78. The van der Waals surface area contributed by atoms with Gasteiger partial charge in [0, 0.05) is 6.54 Å². The summed E-state index contributed by atoms with van der Waals surface area (Å²) in [5.41, 5.74) is 0.574. The Morgan fingerprint density at radius 1 is 1.47 bits per heavy atom. The van der Waals surface area contributed by atoms with Crippen molar-refractivity contribution in [3.63, 3.8) is 0 Å². The molecule has 1 N–H and O–H groups in total. The van der Waals surface area contributed by atoms with E-state index in [1.54, 1.807) is 0 Å². The number of carbonyl (C=O) groups is 1. The predicted octanol–water partition coefficient (Wildman–Crippen LogP) is -0.0895. The number of hydroxylamine groups is 1. The van der Waals surface area contributed by atoms with Gasteiger partial charge in [-0.15, -0.1) is 0 Å². The molecule has 1 fully saturated rings. The molecule has 0 radical (unpaired) electrons. The van der Waals surface area contributed by atoms with Crippen LogP contribution in [0.25, 0.3) is 0 Å². The van der Waals surface area contributed by atoms with Crippen molar-refractivity contribution < 1.29 is 23.2 Å². The van der Waals surface area contributed by atoms with Crippen LogP contribution in [0.5, 0.6) is 0 Å². The molecule has 1 aromatic heterocycles. The molecule has 1 aliphatic heterocycles. The van der Waals surface area contributed by atoms with E-state index in [0.29, 0.717) is 25.3 Å². The van der Waals surface area contributed by atoms with Crippen molar-refractivity contribution in [3.05, 3.63) is 11.4 Å². The monoisotopic (exact) mass is 289 g/mol. The molecule has 0 saturated carbocycles. The lowest BCUT2D eigenvalue weighted by Crippen LogP contribution is -2.27. The summed E-state index contributed by atoms with van der Waals surface area (Å²) >= 11 is 0. The van der Waals surface area contributed by atoms with Crippen LogP contribution < -0.4 is 0 Å². The molecule has 1 saturated heterocycles. The van der Waals surface area contributed by atoms with Gasteiger partial charge in [-0.2, -0.15) is 5.10 Å². The lowest BCUT2D eigenvalue weighted by Gasteiger charge is -2.14. The largest absolute Gasteiger partial charge is 0.480 e. The zero-order valence-corrected chi connectivity index (χ0v) is 11.5. The molecule has 0 atom stereocenters. The second-order valence-corrected chi connectivity index (χ2v) is 6.04. The molecule has 1 aromatic rings. The molecule has 0 aliphatic carbocycles. The highest BCUT2D eigenvalue weighted by atomic mass is 32.2. The number of carboxylic acid groups (broad SMARTS) is 1. The third kappa shape index (κ3) is 2.48. The summed E-state index contributed by atoms with van der Waals surface area (Å²) in [5.74, 6) is -1.08. The molecule has 0 unspecified atom stereocenters. The minimum Gasteiger partial charge on any atom is -0.480 e. The maximum Gasteiger partial charge on any atom is 0.325 e.